The predicted molar refractivity (Wildman–Crippen MR) is 236 cm³/mol. The van der Waals surface area contributed by atoms with Gasteiger partial charge in [-0.05, 0) is 53.5 Å². The van der Waals surface area contributed by atoms with Crippen molar-refractivity contribution < 1.29 is 72.2 Å². The number of amides is 5. The molecule has 2 atom stereocenters. The molecule has 0 saturated heterocycles. The van der Waals surface area contributed by atoms with Crippen LogP contribution < -0.4 is 26.6 Å². The van der Waals surface area contributed by atoms with Crippen molar-refractivity contribution in [2.45, 2.75) is 56.7 Å². The van der Waals surface area contributed by atoms with Gasteiger partial charge < -0.3 is 65.2 Å². The number of carbonyl (C=O) groups excluding carboxylic acids is 5. The summed E-state index contributed by atoms with van der Waals surface area (Å²) in [5.74, 6) is -3.78. The van der Waals surface area contributed by atoms with Gasteiger partial charge in [0.05, 0.1) is 39.6 Å². The maximum atomic E-state index is 12.6. The third-order valence-corrected chi connectivity index (χ3v) is 9.99. The molecular formula is C46H59N5O15. The molecule has 0 spiro atoms. The highest BCUT2D eigenvalue weighted by molar-refractivity contribution is 5.83. The summed E-state index contributed by atoms with van der Waals surface area (Å²) in [5.41, 5.74) is 4.96. The Hall–Kier alpha value is -6.61. The zero-order chi connectivity index (χ0) is 47.4. The number of carboxylic acids is 2. The number of benzene rings is 3. The zero-order valence-corrected chi connectivity index (χ0v) is 36.7. The molecule has 7 N–H and O–H groups in total. The van der Waals surface area contributed by atoms with E-state index in [1.54, 1.807) is 24.3 Å². The molecule has 3 aromatic carbocycles. The first-order valence-electron chi connectivity index (χ1n) is 21.7. The SMILES string of the molecule is O=C(CC[C@H](NC(=O)OCC1c2ccccc2-c2ccccc21)C(=O)O)NCCOCCOCC(=O)NCCOCCOCC(=O)NCCCC[C@H](NC(=O)OCc1ccccc1)C(=O)O. The molecule has 0 aliphatic heterocycles. The predicted octanol–water partition coefficient (Wildman–Crippen LogP) is 2.72. The Balaban J connectivity index is 0.902. The summed E-state index contributed by atoms with van der Waals surface area (Å²) in [7, 11) is 0. The van der Waals surface area contributed by atoms with Crippen molar-refractivity contribution in [1.29, 1.82) is 0 Å². The first-order valence-corrected chi connectivity index (χ1v) is 21.7. The molecule has 3 aromatic rings. The average Bonchev–Trinajstić information content (AvgIpc) is 3.63. The standard InChI is InChI=1S/C46H59N5O15/c52-40(18-17-39(44(57)58)51-46(60)66-29-37-35-14-6-4-12-33(35)34-13-5-7-15-36(34)37)48-20-22-61-24-27-64-31-42(54)49-21-23-62-25-26-63-30-41(53)47-19-9-8-16-38(43(55)56)50-45(59)65-28-32-10-2-1-3-11-32/h1-7,10-15,37-39H,8-9,16-31H2,(H,47,53)(H,48,52)(H,49,54)(H,50,59)(H,51,60)(H,55,56)(H,57,58)/t38-,39-/m0/s1. The quantitative estimate of drug-likeness (QED) is 0.0444. The molecule has 5 amide bonds. The van der Waals surface area contributed by atoms with Gasteiger partial charge in [-0.15, -0.1) is 0 Å². The number of unbranched alkanes of at least 4 members (excludes halogenated alkanes) is 1. The largest absolute Gasteiger partial charge is 0.480 e. The third kappa shape index (κ3) is 19.6. The first kappa shape index (κ1) is 52.0. The number of hydrogen-bond donors (Lipinski definition) is 7. The molecule has 0 radical (unpaired) electrons. The lowest BCUT2D eigenvalue weighted by Crippen LogP contribution is -2.42. The molecule has 0 bridgehead atoms. The molecular weight excluding hydrogens is 863 g/mol. The van der Waals surface area contributed by atoms with Crippen molar-refractivity contribution in [3.05, 3.63) is 95.6 Å². The van der Waals surface area contributed by atoms with Gasteiger partial charge in [0.15, 0.2) is 0 Å². The first-order chi connectivity index (χ1) is 32.0. The van der Waals surface area contributed by atoms with E-state index in [0.29, 0.717) is 19.4 Å². The van der Waals surface area contributed by atoms with Crippen LogP contribution in [-0.2, 0) is 59.0 Å². The summed E-state index contributed by atoms with van der Waals surface area (Å²) in [6.07, 6.45) is -0.930. The van der Waals surface area contributed by atoms with Crippen LogP contribution in [0.25, 0.3) is 11.1 Å². The van der Waals surface area contributed by atoms with E-state index in [1.165, 1.54) is 0 Å². The normalized spacial score (nSPS) is 12.4. The number of ether oxygens (including phenoxy) is 6. The van der Waals surface area contributed by atoms with Crippen molar-refractivity contribution >= 4 is 41.8 Å². The van der Waals surface area contributed by atoms with Gasteiger partial charge in [0.25, 0.3) is 0 Å². The molecule has 0 heterocycles. The minimum absolute atomic E-state index is 0.0195. The maximum absolute atomic E-state index is 12.6. The fraction of sp³-hybridized carbons (Fsp3) is 0.457. The zero-order valence-electron chi connectivity index (χ0n) is 36.7. The molecule has 0 fully saturated rings. The van der Waals surface area contributed by atoms with Crippen molar-refractivity contribution in [2.24, 2.45) is 0 Å². The van der Waals surface area contributed by atoms with Gasteiger partial charge in [-0.3, -0.25) is 14.4 Å². The molecule has 20 heteroatoms. The second-order valence-electron chi connectivity index (χ2n) is 14.9. The average molecular weight is 922 g/mol. The van der Waals surface area contributed by atoms with E-state index in [-0.39, 0.29) is 116 Å². The molecule has 0 saturated carbocycles. The molecule has 1 aliphatic rings. The van der Waals surface area contributed by atoms with E-state index in [2.05, 4.69) is 26.6 Å². The highest BCUT2D eigenvalue weighted by Gasteiger charge is 2.30. The van der Waals surface area contributed by atoms with Crippen LogP contribution in [0, 0.1) is 0 Å². The van der Waals surface area contributed by atoms with E-state index in [1.807, 2.05) is 54.6 Å². The molecule has 1 aliphatic carbocycles. The minimum atomic E-state index is -1.33. The molecule has 358 valence electrons. The van der Waals surface area contributed by atoms with Crippen molar-refractivity contribution in [3.8, 4) is 11.1 Å². The van der Waals surface area contributed by atoms with Crippen LogP contribution in [0.4, 0.5) is 9.59 Å². The minimum Gasteiger partial charge on any atom is -0.480 e. The van der Waals surface area contributed by atoms with Crippen molar-refractivity contribution in [1.82, 2.24) is 26.6 Å². The number of fused-ring (bicyclic) bond motifs is 3. The second-order valence-corrected chi connectivity index (χ2v) is 14.9. The topological polar surface area (TPSA) is 275 Å². The number of alkyl carbamates (subject to hydrolysis) is 2. The number of hydrogen-bond acceptors (Lipinski definition) is 13. The Morgan fingerprint density at radius 1 is 0.515 bits per heavy atom. The summed E-state index contributed by atoms with van der Waals surface area (Å²) < 4.78 is 31.9. The molecule has 66 heavy (non-hydrogen) atoms. The van der Waals surface area contributed by atoms with Crippen LogP contribution in [0.5, 0.6) is 0 Å². The lowest BCUT2D eigenvalue weighted by molar-refractivity contribution is -0.140. The van der Waals surface area contributed by atoms with Crippen LogP contribution in [0.3, 0.4) is 0 Å². The fourth-order valence-electron chi connectivity index (χ4n) is 6.67. The van der Waals surface area contributed by atoms with Crippen molar-refractivity contribution in [2.75, 3.05) is 79.1 Å². The van der Waals surface area contributed by atoms with Crippen LogP contribution >= 0.6 is 0 Å². The third-order valence-electron chi connectivity index (χ3n) is 9.99. The molecule has 0 aromatic heterocycles. The molecule has 20 nitrogen and oxygen atoms in total. The van der Waals surface area contributed by atoms with Gasteiger partial charge in [-0.1, -0.05) is 78.9 Å². The summed E-state index contributed by atoms with van der Waals surface area (Å²) in [6, 6.07) is 22.2. The second kappa shape index (κ2) is 29.8. The van der Waals surface area contributed by atoms with Crippen LogP contribution in [0.2, 0.25) is 0 Å². The van der Waals surface area contributed by atoms with Crippen LogP contribution in [0.15, 0.2) is 78.9 Å². The molecule has 0 unspecified atom stereocenters. The fourth-order valence-corrected chi connectivity index (χ4v) is 6.67. The summed E-state index contributed by atoms with van der Waals surface area (Å²) in [4.78, 5) is 84.2. The highest BCUT2D eigenvalue weighted by atomic mass is 16.6. The summed E-state index contributed by atoms with van der Waals surface area (Å²) >= 11 is 0. The smallest absolute Gasteiger partial charge is 0.408 e. The van der Waals surface area contributed by atoms with E-state index < -0.39 is 42.1 Å². The van der Waals surface area contributed by atoms with E-state index in [9.17, 15) is 43.8 Å². The Kier molecular flexibility index (Phi) is 23.5. The van der Waals surface area contributed by atoms with Gasteiger partial charge in [0, 0.05) is 32.0 Å². The molecule has 4 rings (SSSR count). The maximum Gasteiger partial charge on any atom is 0.408 e. The Bertz CT molecular complexity index is 1980. The highest BCUT2D eigenvalue weighted by Crippen LogP contribution is 2.44. The van der Waals surface area contributed by atoms with Crippen molar-refractivity contribution in [3.63, 3.8) is 0 Å². The van der Waals surface area contributed by atoms with E-state index in [0.717, 1.165) is 27.8 Å². The monoisotopic (exact) mass is 921 g/mol. The number of rotatable bonds is 32. The van der Waals surface area contributed by atoms with Gasteiger partial charge in [0.1, 0.15) is 38.5 Å². The van der Waals surface area contributed by atoms with Gasteiger partial charge in [-0.2, -0.15) is 0 Å². The Labute approximate surface area is 382 Å². The number of carboxylic acid groups (broad SMARTS) is 2. The number of nitrogens with one attached hydrogen (secondary N) is 5. The Morgan fingerprint density at radius 3 is 1.58 bits per heavy atom. The lowest BCUT2D eigenvalue weighted by Gasteiger charge is -2.17. The Morgan fingerprint density at radius 2 is 1.00 bits per heavy atom. The number of aliphatic carboxylic acids is 2. The van der Waals surface area contributed by atoms with Gasteiger partial charge in [0.2, 0.25) is 17.7 Å². The van der Waals surface area contributed by atoms with Gasteiger partial charge >= 0.3 is 24.1 Å². The summed E-state index contributed by atoms with van der Waals surface area (Å²) in [5, 5.41) is 31.7. The van der Waals surface area contributed by atoms with E-state index >= 15 is 0 Å². The van der Waals surface area contributed by atoms with Crippen LogP contribution in [0.1, 0.15) is 54.7 Å². The number of carbonyl (C=O) groups is 7. The van der Waals surface area contributed by atoms with E-state index in [4.69, 9.17) is 28.4 Å². The van der Waals surface area contributed by atoms with Gasteiger partial charge in [-0.25, -0.2) is 19.2 Å². The summed E-state index contributed by atoms with van der Waals surface area (Å²) in [6.45, 7) is 1.33. The van der Waals surface area contributed by atoms with Crippen LogP contribution in [-0.4, -0.2) is 143 Å². The lowest BCUT2D eigenvalue weighted by atomic mass is 9.98.